The van der Waals surface area contributed by atoms with E-state index < -0.39 is 41.9 Å². The lowest BCUT2D eigenvalue weighted by molar-refractivity contribution is -0.144. The molecule has 2 amide bonds. The van der Waals surface area contributed by atoms with Crippen LogP contribution in [0, 0.1) is 0 Å². The Hall–Kier alpha value is -6.46. The van der Waals surface area contributed by atoms with E-state index in [-0.39, 0.29) is 38.2 Å². The minimum absolute atomic E-state index is 0.0284. The average molecular weight is 757 g/mol. The molecule has 0 radical (unpaired) electrons. The lowest BCUT2D eigenvalue weighted by atomic mass is 9.85. The third-order valence-corrected chi connectivity index (χ3v) is 9.44. The molecule has 11 nitrogen and oxygen atoms in total. The second-order valence-corrected chi connectivity index (χ2v) is 13.1. The minimum Gasteiger partial charge on any atom is -0.497 e. The predicted octanol–water partition coefficient (Wildman–Crippen LogP) is 6.73. The van der Waals surface area contributed by atoms with Crippen LogP contribution >= 0.6 is 0 Å². The maximum atomic E-state index is 14.6. The molecule has 6 rings (SSSR count). The first kappa shape index (κ1) is 39.2. The second-order valence-electron chi connectivity index (χ2n) is 13.1. The van der Waals surface area contributed by atoms with Crippen molar-refractivity contribution in [2.45, 2.75) is 44.4 Å². The number of rotatable bonds is 15. The Balaban J connectivity index is 1.46. The molecule has 0 saturated heterocycles. The van der Waals surface area contributed by atoms with Crippen molar-refractivity contribution < 1.29 is 43.2 Å². The van der Waals surface area contributed by atoms with Crippen LogP contribution in [0.25, 0.3) is 11.1 Å². The lowest BCUT2D eigenvalue weighted by Gasteiger charge is -2.45. The Labute approximate surface area is 325 Å². The van der Waals surface area contributed by atoms with Gasteiger partial charge in [0.05, 0.1) is 56.5 Å². The summed E-state index contributed by atoms with van der Waals surface area (Å²) in [6.07, 6.45) is -1.29. The van der Waals surface area contributed by atoms with Gasteiger partial charge in [0.1, 0.15) is 17.6 Å². The van der Waals surface area contributed by atoms with E-state index in [4.69, 9.17) is 18.9 Å². The molecule has 5 aromatic carbocycles. The van der Waals surface area contributed by atoms with E-state index in [0.29, 0.717) is 40.3 Å². The smallest absolute Gasteiger partial charge is 0.338 e. The van der Waals surface area contributed by atoms with E-state index in [1.807, 2.05) is 42.5 Å². The molecule has 5 aromatic rings. The van der Waals surface area contributed by atoms with E-state index in [0.717, 1.165) is 11.1 Å². The Morgan fingerprint density at radius 1 is 0.768 bits per heavy atom. The quantitative estimate of drug-likeness (QED) is 0.0879. The topological polar surface area (TPSA) is 141 Å². The van der Waals surface area contributed by atoms with Crippen LogP contribution in [-0.2, 0) is 25.5 Å². The summed E-state index contributed by atoms with van der Waals surface area (Å²) < 4.78 is 23.0. The number of benzene rings is 5. The van der Waals surface area contributed by atoms with Gasteiger partial charge in [-0.05, 0) is 78.2 Å². The van der Waals surface area contributed by atoms with Gasteiger partial charge in [0.2, 0.25) is 5.91 Å². The molecule has 1 aliphatic heterocycles. The summed E-state index contributed by atoms with van der Waals surface area (Å²) in [6.45, 7) is 1.90. The van der Waals surface area contributed by atoms with Crippen LogP contribution in [0.5, 0.6) is 11.5 Å². The molecule has 0 aliphatic carbocycles. The number of carbonyl (C=O) groups is 4. The molecule has 0 aromatic heterocycles. The van der Waals surface area contributed by atoms with Crippen molar-refractivity contribution >= 4 is 29.4 Å². The highest BCUT2D eigenvalue weighted by Gasteiger charge is 2.48. The fourth-order valence-corrected chi connectivity index (χ4v) is 6.73. The highest BCUT2D eigenvalue weighted by atomic mass is 16.5. The number of anilines is 1. The van der Waals surface area contributed by atoms with Gasteiger partial charge >= 0.3 is 11.9 Å². The number of esters is 2. The normalized spacial score (nSPS) is 15.9. The number of nitrogens with zero attached hydrogens (tertiary/aromatic N) is 1. The molecule has 0 fully saturated rings. The first-order chi connectivity index (χ1) is 27.3. The SMILES string of the molecule is CCOC(=O)C[C@H]1[C@H](OC(=O)c2ccc(-c3ccccc3)cc2)[C@@H](NC(=O)Cc2ccc(OC)cc2)c2cc(OCCCO)ccc2N1C(=O)c1ccccc1. The van der Waals surface area contributed by atoms with E-state index >= 15 is 0 Å². The highest BCUT2D eigenvalue weighted by molar-refractivity contribution is 6.08. The van der Waals surface area contributed by atoms with Crippen LogP contribution in [0.1, 0.15) is 57.7 Å². The second kappa shape index (κ2) is 18.7. The largest absolute Gasteiger partial charge is 0.497 e. The van der Waals surface area contributed by atoms with Crippen molar-refractivity contribution in [1.82, 2.24) is 5.32 Å². The molecule has 56 heavy (non-hydrogen) atoms. The molecule has 2 N–H and O–H groups in total. The summed E-state index contributed by atoms with van der Waals surface area (Å²) in [5.41, 5.74) is 3.95. The van der Waals surface area contributed by atoms with Crippen molar-refractivity contribution in [2.24, 2.45) is 0 Å². The van der Waals surface area contributed by atoms with Gasteiger partial charge in [0.25, 0.3) is 5.91 Å². The number of ether oxygens (including phenoxy) is 4. The van der Waals surface area contributed by atoms with E-state index in [2.05, 4.69) is 5.32 Å². The zero-order valence-corrected chi connectivity index (χ0v) is 31.3. The Kier molecular flexibility index (Phi) is 13.1. The number of nitrogens with one attached hydrogen (secondary N) is 1. The van der Waals surface area contributed by atoms with Crippen LogP contribution in [0.15, 0.2) is 127 Å². The molecule has 0 saturated carbocycles. The third-order valence-electron chi connectivity index (χ3n) is 9.44. The summed E-state index contributed by atoms with van der Waals surface area (Å²) in [7, 11) is 1.56. The highest BCUT2D eigenvalue weighted by Crippen LogP contribution is 2.43. The minimum atomic E-state index is -1.28. The van der Waals surface area contributed by atoms with Gasteiger partial charge in [0, 0.05) is 24.2 Å². The number of carbonyl (C=O) groups excluding carboxylic acids is 4. The summed E-state index contributed by atoms with van der Waals surface area (Å²) in [6, 6.07) is 35.2. The van der Waals surface area contributed by atoms with Gasteiger partial charge in [0.15, 0.2) is 0 Å². The predicted molar refractivity (Wildman–Crippen MR) is 211 cm³/mol. The monoisotopic (exact) mass is 756 g/mol. The Morgan fingerprint density at radius 2 is 1.43 bits per heavy atom. The number of aliphatic hydroxyl groups is 1. The number of hydrogen-bond donors (Lipinski definition) is 2. The number of fused-ring (bicyclic) bond motifs is 1. The third kappa shape index (κ3) is 9.42. The number of aliphatic hydroxyl groups excluding tert-OH is 1. The standard InChI is InChI=1S/C45H44N2O9/c1-3-54-41(50)29-39-43(56-45(52)34-19-17-32(18-20-34)31-11-6-4-7-12-31)42(46-40(49)27-30-15-21-35(53-2)22-16-30)37-28-36(55-26-10-25-48)23-24-38(37)47(39)44(51)33-13-8-5-9-14-33/h4-9,11-24,28,39,42-43,48H,3,10,25-27,29H2,1-2H3,(H,46,49)/t39-,42-,43-/m0/s1. The Bertz CT molecular complexity index is 2110. The van der Waals surface area contributed by atoms with Gasteiger partial charge in [-0.1, -0.05) is 72.8 Å². The molecule has 11 heteroatoms. The number of methoxy groups -OCH3 is 1. The van der Waals surface area contributed by atoms with Crippen molar-refractivity contribution in [3.8, 4) is 22.6 Å². The van der Waals surface area contributed by atoms with Crippen LogP contribution in [0.2, 0.25) is 0 Å². The molecule has 0 spiro atoms. The van der Waals surface area contributed by atoms with Crippen LogP contribution < -0.4 is 19.7 Å². The molecule has 3 atom stereocenters. The van der Waals surface area contributed by atoms with E-state index in [1.165, 1.54) is 4.90 Å². The number of amides is 2. The summed E-state index contributed by atoms with van der Waals surface area (Å²) >= 11 is 0. The average Bonchev–Trinajstić information content (AvgIpc) is 3.23. The lowest BCUT2D eigenvalue weighted by Crippen LogP contribution is -2.58. The first-order valence-corrected chi connectivity index (χ1v) is 18.5. The maximum absolute atomic E-state index is 14.6. The molecule has 1 heterocycles. The fraction of sp³-hybridized carbons (Fsp3) is 0.244. The molecule has 1 aliphatic rings. The first-order valence-electron chi connectivity index (χ1n) is 18.5. The van der Waals surface area contributed by atoms with Crippen LogP contribution in [0.3, 0.4) is 0 Å². The molecule has 0 bridgehead atoms. The van der Waals surface area contributed by atoms with Gasteiger partial charge < -0.3 is 34.3 Å². The van der Waals surface area contributed by atoms with Gasteiger partial charge in [-0.15, -0.1) is 0 Å². The summed E-state index contributed by atoms with van der Waals surface area (Å²) in [5.74, 6) is -1.15. The molecule has 0 unspecified atom stereocenters. The molecule has 288 valence electrons. The summed E-state index contributed by atoms with van der Waals surface area (Å²) in [5, 5.41) is 12.5. The van der Waals surface area contributed by atoms with Crippen LogP contribution in [0.4, 0.5) is 5.69 Å². The van der Waals surface area contributed by atoms with Gasteiger partial charge in [-0.3, -0.25) is 14.4 Å². The van der Waals surface area contributed by atoms with Crippen molar-refractivity contribution in [3.05, 3.63) is 150 Å². The van der Waals surface area contributed by atoms with Crippen molar-refractivity contribution in [1.29, 1.82) is 0 Å². The molecular weight excluding hydrogens is 712 g/mol. The van der Waals surface area contributed by atoms with Gasteiger partial charge in [-0.2, -0.15) is 0 Å². The zero-order valence-electron chi connectivity index (χ0n) is 31.3. The van der Waals surface area contributed by atoms with Crippen LogP contribution in [-0.4, -0.2) is 67.9 Å². The van der Waals surface area contributed by atoms with Crippen molar-refractivity contribution in [2.75, 3.05) is 31.8 Å². The zero-order chi connectivity index (χ0) is 39.4. The fourth-order valence-electron chi connectivity index (χ4n) is 6.73. The molecular formula is C45H44N2O9. The Morgan fingerprint density at radius 3 is 2.09 bits per heavy atom. The van der Waals surface area contributed by atoms with Gasteiger partial charge in [-0.25, -0.2) is 4.79 Å². The van der Waals surface area contributed by atoms with E-state index in [1.54, 1.807) is 99.0 Å². The maximum Gasteiger partial charge on any atom is 0.338 e. The summed E-state index contributed by atoms with van der Waals surface area (Å²) in [4.78, 5) is 57.6. The van der Waals surface area contributed by atoms with Crippen molar-refractivity contribution in [3.63, 3.8) is 0 Å². The number of hydrogen-bond acceptors (Lipinski definition) is 9. The van der Waals surface area contributed by atoms with E-state index in [9.17, 15) is 24.3 Å².